The van der Waals surface area contributed by atoms with Gasteiger partial charge in [-0.1, -0.05) is 68.5 Å². The Morgan fingerprint density at radius 3 is 2.68 bits per heavy atom. The number of rotatable bonds is 9. The number of hydrogen-bond acceptors (Lipinski definition) is 4. The summed E-state index contributed by atoms with van der Waals surface area (Å²) in [6.45, 7) is 2.63. The summed E-state index contributed by atoms with van der Waals surface area (Å²) in [5.74, 6) is -1.09. The van der Waals surface area contributed by atoms with E-state index in [9.17, 15) is 14.7 Å². The molecule has 2 N–H and O–H groups in total. The van der Waals surface area contributed by atoms with Crippen LogP contribution in [-0.2, 0) is 6.54 Å². The van der Waals surface area contributed by atoms with Gasteiger partial charge in [0.2, 0.25) is 0 Å². The predicted octanol–water partition coefficient (Wildman–Crippen LogP) is 5.09. The first-order valence-corrected chi connectivity index (χ1v) is 10.8. The number of hydrazone groups is 1. The minimum atomic E-state index is -0.758. The van der Waals surface area contributed by atoms with Crippen LogP contribution in [0.4, 0.5) is 0 Å². The molecule has 0 aliphatic carbocycles. The fourth-order valence-corrected chi connectivity index (χ4v) is 3.70. The second-order valence-electron chi connectivity index (χ2n) is 7.37. The summed E-state index contributed by atoms with van der Waals surface area (Å²) in [6, 6.07) is 14.0. The van der Waals surface area contributed by atoms with Crippen molar-refractivity contribution in [3.8, 4) is 5.75 Å². The highest BCUT2D eigenvalue weighted by molar-refractivity contribution is 6.30. The lowest BCUT2D eigenvalue weighted by Crippen LogP contribution is -2.31. The van der Waals surface area contributed by atoms with Crippen molar-refractivity contribution in [1.29, 1.82) is 0 Å². The van der Waals surface area contributed by atoms with Crippen LogP contribution in [0.2, 0.25) is 5.02 Å². The number of fused-ring (bicyclic) bond motifs is 1. The van der Waals surface area contributed by atoms with E-state index in [0.717, 1.165) is 32.1 Å². The van der Waals surface area contributed by atoms with Crippen LogP contribution >= 0.6 is 11.6 Å². The quantitative estimate of drug-likeness (QED) is 0.276. The molecule has 6 nitrogen and oxygen atoms in total. The molecule has 162 valence electrons. The van der Waals surface area contributed by atoms with Gasteiger partial charge in [-0.3, -0.25) is 9.59 Å². The maximum atomic E-state index is 13.1. The van der Waals surface area contributed by atoms with Crippen LogP contribution in [-0.4, -0.2) is 21.8 Å². The van der Waals surface area contributed by atoms with Gasteiger partial charge < -0.3 is 9.67 Å². The lowest BCUT2D eigenvalue weighted by Gasteiger charge is -2.14. The number of nitrogens with one attached hydrogen (secondary N) is 1. The number of amides is 1. The fraction of sp³-hybridized carbons (Fsp3) is 0.292. The number of aromatic nitrogens is 1. The zero-order valence-corrected chi connectivity index (χ0v) is 18.2. The monoisotopic (exact) mass is 439 g/mol. The number of halogens is 1. The summed E-state index contributed by atoms with van der Waals surface area (Å²) >= 11 is 5.94. The molecule has 0 spiro atoms. The molecule has 2 aromatic carbocycles. The molecule has 31 heavy (non-hydrogen) atoms. The zero-order valence-electron chi connectivity index (χ0n) is 17.5. The van der Waals surface area contributed by atoms with Gasteiger partial charge in [0.25, 0.3) is 11.5 Å². The number of benzene rings is 2. The van der Waals surface area contributed by atoms with Gasteiger partial charge in [0.1, 0.15) is 11.3 Å². The number of nitrogens with zero attached hydrogens (tertiary/aromatic N) is 2. The highest BCUT2D eigenvalue weighted by atomic mass is 35.5. The third-order valence-electron chi connectivity index (χ3n) is 5.09. The SMILES string of the molecule is CCCCCCCn1c(=O)c(C(=O)NN=Cc2cccc(Cl)c2)c(O)c2ccccc21. The summed E-state index contributed by atoms with van der Waals surface area (Å²) in [5.41, 5.74) is 2.81. The molecule has 3 aromatic rings. The van der Waals surface area contributed by atoms with Gasteiger partial charge in [0.05, 0.1) is 11.7 Å². The maximum absolute atomic E-state index is 13.1. The molecule has 7 heteroatoms. The Labute approximate surface area is 186 Å². The Hall–Kier alpha value is -3.12. The Bertz CT molecular complexity index is 1150. The fourth-order valence-electron chi connectivity index (χ4n) is 3.50. The molecule has 0 saturated carbocycles. The van der Waals surface area contributed by atoms with Gasteiger partial charge in [-0.15, -0.1) is 0 Å². The van der Waals surface area contributed by atoms with Gasteiger partial charge in [0, 0.05) is 17.0 Å². The lowest BCUT2D eigenvalue weighted by atomic mass is 10.1. The Morgan fingerprint density at radius 2 is 1.90 bits per heavy atom. The van der Waals surface area contributed by atoms with Gasteiger partial charge in [-0.2, -0.15) is 5.10 Å². The largest absolute Gasteiger partial charge is 0.506 e. The highest BCUT2D eigenvalue weighted by Gasteiger charge is 2.21. The molecular formula is C24H26ClN3O3. The molecule has 0 radical (unpaired) electrons. The van der Waals surface area contributed by atoms with Crippen LogP contribution in [0, 0.1) is 0 Å². The summed E-state index contributed by atoms with van der Waals surface area (Å²) in [7, 11) is 0. The first-order chi connectivity index (χ1) is 15.0. The van der Waals surface area contributed by atoms with E-state index in [4.69, 9.17) is 11.6 Å². The van der Waals surface area contributed by atoms with E-state index in [0.29, 0.717) is 28.0 Å². The molecule has 0 saturated heterocycles. The Morgan fingerprint density at radius 1 is 1.13 bits per heavy atom. The standard InChI is InChI=1S/C24H26ClN3O3/c1-2-3-4-5-8-14-28-20-13-7-6-12-19(20)22(29)21(24(28)31)23(30)27-26-16-17-10-9-11-18(25)15-17/h6-7,9-13,15-16,29H,2-5,8,14H2,1H3,(H,27,30). The van der Waals surface area contributed by atoms with Crippen molar-refractivity contribution in [1.82, 2.24) is 9.99 Å². The number of hydrogen-bond donors (Lipinski definition) is 2. The van der Waals surface area contributed by atoms with E-state index in [1.54, 1.807) is 47.0 Å². The number of carbonyl (C=O) groups is 1. The third-order valence-corrected chi connectivity index (χ3v) is 5.32. The van der Waals surface area contributed by atoms with E-state index < -0.39 is 11.5 Å². The van der Waals surface area contributed by atoms with Crippen LogP contribution in [0.1, 0.15) is 54.9 Å². The van der Waals surface area contributed by atoms with E-state index >= 15 is 0 Å². The van der Waals surface area contributed by atoms with Crippen molar-refractivity contribution in [2.75, 3.05) is 0 Å². The number of aryl methyl sites for hydroxylation is 1. The number of carbonyl (C=O) groups excluding carboxylic acids is 1. The van der Waals surface area contributed by atoms with Crippen LogP contribution < -0.4 is 11.0 Å². The minimum Gasteiger partial charge on any atom is -0.506 e. The summed E-state index contributed by atoms with van der Waals surface area (Å²) < 4.78 is 1.57. The van der Waals surface area contributed by atoms with Crippen molar-refractivity contribution in [3.05, 3.63) is 75.0 Å². The summed E-state index contributed by atoms with van der Waals surface area (Å²) in [4.78, 5) is 25.8. The van der Waals surface area contributed by atoms with Crippen LogP contribution in [0.15, 0.2) is 58.4 Å². The second-order valence-corrected chi connectivity index (χ2v) is 7.80. The lowest BCUT2D eigenvalue weighted by molar-refractivity contribution is 0.0950. The molecule has 0 bridgehead atoms. The maximum Gasteiger partial charge on any atom is 0.280 e. The molecule has 3 rings (SSSR count). The normalized spacial score (nSPS) is 11.3. The highest BCUT2D eigenvalue weighted by Crippen LogP contribution is 2.26. The number of pyridine rings is 1. The third kappa shape index (κ3) is 5.52. The molecular weight excluding hydrogens is 414 g/mol. The molecule has 1 aromatic heterocycles. The Kier molecular flexibility index (Phi) is 7.84. The molecule has 0 aliphatic rings. The smallest absolute Gasteiger partial charge is 0.280 e. The summed E-state index contributed by atoms with van der Waals surface area (Å²) in [6.07, 6.45) is 6.65. The molecule has 0 unspecified atom stereocenters. The summed E-state index contributed by atoms with van der Waals surface area (Å²) in [5, 5.41) is 15.6. The van der Waals surface area contributed by atoms with Crippen molar-refractivity contribution < 1.29 is 9.90 Å². The van der Waals surface area contributed by atoms with E-state index in [1.807, 2.05) is 6.07 Å². The Balaban J connectivity index is 1.88. The van der Waals surface area contributed by atoms with E-state index in [1.165, 1.54) is 6.21 Å². The first-order valence-electron chi connectivity index (χ1n) is 10.5. The van der Waals surface area contributed by atoms with Crippen LogP contribution in [0.5, 0.6) is 5.75 Å². The number of unbranched alkanes of at least 4 members (excludes halogenated alkanes) is 4. The molecule has 0 atom stereocenters. The first kappa shape index (κ1) is 22.6. The average Bonchev–Trinajstić information content (AvgIpc) is 2.76. The van der Waals surface area contributed by atoms with Crippen molar-refractivity contribution in [2.45, 2.75) is 45.6 Å². The second kappa shape index (κ2) is 10.8. The molecule has 0 fully saturated rings. The minimum absolute atomic E-state index is 0.310. The van der Waals surface area contributed by atoms with Crippen LogP contribution in [0.25, 0.3) is 10.9 Å². The van der Waals surface area contributed by atoms with Crippen molar-refractivity contribution in [2.24, 2.45) is 5.10 Å². The molecule has 1 heterocycles. The van der Waals surface area contributed by atoms with E-state index in [-0.39, 0.29) is 11.3 Å². The van der Waals surface area contributed by atoms with Crippen molar-refractivity contribution in [3.63, 3.8) is 0 Å². The van der Waals surface area contributed by atoms with Gasteiger partial charge in [-0.05, 0) is 36.2 Å². The average molecular weight is 440 g/mol. The number of aromatic hydroxyl groups is 1. The van der Waals surface area contributed by atoms with Gasteiger partial charge in [-0.25, -0.2) is 5.43 Å². The number of para-hydroxylation sites is 1. The molecule has 1 amide bonds. The predicted molar refractivity (Wildman–Crippen MR) is 125 cm³/mol. The zero-order chi connectivity index (χ0) is 22.2. The van der Waals surface area contributed by atoms with Gasteiger partial charge in [0.15, 0.2) is 0 Å². The van der Waals surface area contributed by atoms with E-state index in [2.05, 4.69) is 17.5 Å². The van der Waals surface area contributed by atoms with Crippen molar-refractivity contribution >= 4 is 34.6 Å². The molecule has 0 aliphatic heterocycles. The van der Waals surface area contributed by atoms with Gasteiger partial charge >= 0.3 is 0 Å². The van der Waals surface area contributed by atoms with Crippen LogP contribution in [0.3, 0.4) is 0 Å². The topological polar surface area (TPSA) is 83.7 Å².